The van der Waals surface area contributed by atoms with Crippen LogP contribution in [0.2, 0.25) is 0 Å². The molecule has 0 fully saturated rings. The van der Waals surface area contributed by atoms with Gasteiger partial charge in [0.2, 0.25) is 0 Å². The van der Waals surface area contributed by atoms with E-state index in [9.17, 15) is 0 Å². The zero-order valence-corrected chi connectivity index (χ0v) is 34.8. The van der Waals surface area contributed by atoms with Gasteiger partial charge in [-0.15, -0.1) is 0 Å². The molecule has 0 radical (unpaired) electrons. The second-order valence-corrected chi connectivity index (χ2v) is 12.3. The molecule has 2 unspecified atom stereocenters. The van der Waals surface area contributed by atoms with E-state index < -0.39 is 0 Å². The highest BCUT2D eigenvalue weighted by atomic mass is 15.1. The first-order chi connectivity index (χ1) is 26.0. The lowest BCUT2D eigenvalue weighted by Gasteiger charge is -2.16. The molecule has 53 heavy (non-hydrogen) atoms. The van der Waals surface area contributed by atoms with Crippen molar-refractivity contribution in [1.82, 2.24) is 4.57 Å². The Morgan fingerprint density at radius 1 is 0.717 bits per heavy atom. The van der Waals surface area contributed by atoms with E-state index in [-0.39, 0.29) is 0 Å². The summed E-state index contributed by atoms with van der Waals surface area (Å²) in [7, 11) is 4.32. The minimum Gasteiger partial charge on any atom is -0.350 e. The Morgan fingerprint density at radius 3 is 2.04 bits per heavy atom. The van der Waals surface area contributed by atoms with E-state index in [2.05, 4.69) is 196 Å². The van der Waals surface area contributed by atoms with Crippen LogP contribution in [0.1, 0.15) is 117 Å². The number of aromatic nitrogens is 1. The number of fused-ring (bicyclic) bond motifs is 3. The van der Waals surface area contributed by atoms with Crippen LogP contribution in [0.5, 0.6) is 0 Å². The largest absolute Gasteiger partial charge is 0.350 e. The number of likely N-dealkylation sites (N-methyl/N-ethyl adjacent to an activating group) is 1. The topological polar surface area (TPSA) is 8.17 Å². The number of anilines is 1. The van der Waals surface area contributed by atoms with Gasteiger partial charge in [0.25, 0.3) is 0 Å². The van der Waals surface area contributed by atoms with E-state index in [1.165, 1.54) is 50.1 Å². The minimum atomic E-state index is 0.437. The fraction of sp³-hybridized carbons (Fsp3) is 0.333. The van der Waals surface area contributed by atoms with Crippen molar-refractivity contribution in [1.29, 1.82) is 0 Å². The predicted molar refractivity (Wildman–Crippen MR) is 241 cm³/mol. The average Bonchev–Trinajstić information content (AvgIpc) is 3.72. The first-order valence-corrected chi connectivity index (χ1v) is 20.2. The summed E-state index contributed by atoms with van der Waals surface area (Å²) in [6.45, 7) is 18.6. The van der Waals surface area contributed by atoms with E-state index >= 15 is 0 Å². The molecule has 3 aliphatic rings. The molecule has 3 aromatic carbocycles. The van der Waals surface area contributed by atoms with Crippen molar-refractivity contribution in [3.63, 3.8) is 0 Å². The smallest absolute Gasteiger partial charge is 0.0555 e. The minimum absolute atomic E-state index is 0.437. The number of allylic oxidation sites excluding steroid dienone is 13. The van der Waals surface area contributed by atoms with Gasteiger partial charge in [-0.3, -0.25) is 0 Å². The monoisotopic (exact) mass is 709 g/mol. The van der Waals surface area contributed by atoms with E-state index in [0.29, 0.717) is 11.8 Å². The van der Waals surface area contributed by atoms with Crippen molar-refractivity contribution in [2.24, 2.45) is 7.05 Å². The highest BCUT2D eigenvalue weighted by Gasteiger charge is 2.31. The van der Waals surface area contributed by atoms with Gasteiger partial charge in [-0.25, -0.2) is 0 Å². The molecule has 2 heteroatoms. The van der Waals surface area contributed by atoms with Gasteiger partial charge in [-0.2, -0.15) is 0 Å². The summed E-state index contributed by atoms with van der Waals surface area (Å²) in [6, 6.07) is 24.0. The van der Waals surface area contributed by atoms with Crippen molar-refractivity contribution in [2.45, 2.75) is 99.8 Å². The number of nitrogens with zero attached hydrogens (tertiary/aromatic N) is 2. The highest BCUT2D eigenvalue weighted by molar-refractivity contribution is 5.96. The van der Waals surface area contributed by atoms with Gasteiger partial charge in [-0.05, 0) is 66.1 Å². The molecule has 0 spiro atoms. The molecule has 0 saturated heterocycles. The fourth-order valence-corrected chi connectivity index (χ4v) is 6.58. The van der Waals surface area contributed by atoms with Crippen LogP contribution < -0.4 is 4.90 Å². The van der Waals surface area contributed by atoms with Gasteiger partial charge in [0.15, 0.2) is 0 Å². The van der Waals surface area contributed by atoms with Gasteiger partial charge >= 0.3 is 0 Å². The maximum Gasteiger partial charge on any atom is 0.0555 e. The molecule has 7 rings (SSSR count). The Labute approximate surface area is 324 Å². The fourth-order valence-electron chi connectivity index (χ4n) is 6.58. The van der Waals surface area contributed by atoms with E-state index in [1.807, 2.05) is 41.5 Å². The highest BCUT2D eigenvalue weighted by Crippen LogP contribution is 2.47. The number of rotatable bonds is 5. The molecule has 2 aliphatic carbocycles. The van der Waals surface area contributed by atoms with Crippen molar-refractivity contribution < 1.29 is 0 Å². The molecular formula is C51H68N2. The lowest BCUT2D eigenvalue weighted by atomic mass is 9.90. The quantitative estimate of drug-likeness (QED) is 0.187. The first kappa shape index (κ1) is 44.3. The lowest BCUT2D eigenvalue weighted by Crippen LogP contribution is -2.12. The summed E-state index contributed by atoms with van der Waals surface area (Å²) in [6.07, 6.45) is 35.0. The van der Waals surface area contributed by atoms with Crippen LogP contribution in [0.25, 0.3) is 28.1 Å². The lowest BCUT2D eigenvalue weighted by molar-refractivity contribution is 0.854. The summed E-state index contributed by atoms with van der Waals surface area (Å²) >= 11 is 0. The Bertz CT molecular complexity index is 1830. The van der Waals surface area contributed by atoms with Crippen molar-refractivity contribution in [3.8, 4) is 11.1 Å². The summed E-state index contributed by atoms with van der Waals surface area (Å²) in [5, 5.41) is 1.32. The van der Waals surface area contributed by atoms with Crippen LogP contribution in [-0.2, 0) is 7.05 Å². The summed E-state index contributed by atoms with van der Waals surface area (Å²) in [5.74, 6) is 0.963. The van der Waals surface area contributed by atoms with Crippen molar-refractivity contribution >= 4 is 22.7 Å². The molecule has 282 valence electrons. The molecule has 2 nitrogen and oxygen atoms in total. The normalized spacial score (nSPS) is 18.4. The van der Waals surface area contributed by atoms with Crippen LogP contribution in [-0.4, -0.2) is 11.6 Å². The van der Waals surface area contributed by atoms with Gasteiger partial charge < -0.3 is 9.47 Å². The zero-order valence-electron chi connectivity index (χ0n) is 34.8. The van der Waals surface area contributed by atoms with E-state index in [0.717, 1.165) is 25.7 Å². The van der Waals surface area contributed by atoms with Crippen LogP contribution in [0, 0.1) is 0 Å². The molecule has 4 aromatic rings. The molecule has 2 bridgehead atoms. The molecule has 2 atom stereocenters. The van der Waals surface area contributed by atoms with Crippen molar-refractivity contribution in [3.05, 3.63) is 168 Å². The number of aryl methyl sites for hydroxylation is 1. The SMILES string of the molecule is C1=CCC(c2cccc(-c3ccccc3)c2)C=C1.CC.CC.CC.CC/C=C\C=C/CC.CC1/C2=C\C=C/C/C=C\c3c1c(cc1ccn(C)c31)N2C. The Hall–Kier alpha value is -4.82. The maximum atomic E-state index is 2.35. The molecule has 2 heterocycles. The molecule has 0 saturated carbocycles. The second-order valence-electron chi connectivity index (χ2n) is 12.3. The van der Waals surface area contributed by atoms with E-state index in [1.54, 1.807) is 0 Å². The van der Waals surface area contributed by atoms with Crippen LogP contribution in [0.3, 0.4) is 0 Å². The summed E-state index contributed by atoms with van der Waals surface area (Å²) in [4.78, 5) is 2.35. The average molecular weight is 709 g/mol. The maximum absolute atomic E-state index is 2.35. The summed E-state index contributed by atoms with van der Waals surface area (Å²) in [5.41, 5.74) is 10.9. The Balaban J connectivity index is 0.000000276. The predicted octanol–water partition coefficient (Wildman–Crippen LogP) is 15.5. The van der Waals surface area contributed by atoms with Crippen molar-refractivity contribution in [2.75, 3.05) is 11.9 Å². The second kappa shape index (κ2) is 25.2. The van der Waals surface area contributed by atoms with E-state index in [4.69, 9.17) is 0 Å². The number of benzene rings is 3. The molecule has 0 N–H and O–H groups in total. The number of hydrogen-bond acceptors (Lipinski definition) is 1. The third-order valence-corrected chi connectivity index (χ3v) is 9.06. The van der Waals surface area contributed by atoms with Gasteiger partial charge in [0, 0.05) is 54.5 Å². The van der Waals surface area contributed by atoms with Gasteiger partial charge in [0.05, 0.1) is 5.52 Å². The molecule has 0 amide bonds. The third kappa shape index (κ3) is 12.4. The molecule has 1 aliphatic heterocycles. The standard InChI is InChI=1S/C19H20N2.C18H16.C8H14.3C2H6/c1-13-16-9-7-5-4-6-8-15-18(13)17(21(16)3)12-14-10-11-20(2)19(14)15;1-3-8-15(9-4-1)17-12-7-13-18(14-17)16-10-5-2-6-11-16;1-3-5-7-8-6-4-2;3*1-2/h5-13H,4H2,1-3H3;1-10,12-14,16H,11H2;5-8H,3-4H2,1-2H3;3*1-2H3/b7-5-,8-6-,16-9+;;7-5-,8-6-;;;. The van der Waals surface area contributed by atoms with Gasteiger partial charge in [0.1, 0.15) is 0 Å². The van der Waals surface area contributed by atoms with Gasteiger partial charge in [-0.1, -0.05) is 190 Å². The first-order valence-electron chi connectivity index (χ1n) is 20.2. The molecular weight excluding hydrogens is 641 g/mol. The van der Waals surface area contributed by atoms with Crippen LogP contribution in [0.4, 0.5) is 5.69 Å². The van der Waals surface area contributed by atoms with Crippen LogP contribution >= 0.6 is 0 Å². The Morgan fingerprint density at radius 2 is 1.40 bits per heavy atom. The third-order valence-electron chi connectivity index (χ3n) is 9.06. The molecule has 1 aromatic heterocycles. The van der Waals surface area contributed by atoms with Crippen LogP contribution in [0.15, 0.2) is 152 Å². The number of hydrogen-bond donors (Lipinski definition) is 0. The summed E-state index contributed by atoms with van der Waals surface area (Å²) < 4.78 is 2.24. The zero-order chi connectivity index (χ0) is 39.0. The Kier molecular flexibility index (Phi) is 21.1.